The topological polar surface area (TPSA) is 30.7 Å². The van der Waals surface area contributed by atoms with Crippen molar-refractivity contribution in [1.29, 1.82) is 0 Å². The van der Waals surface area contributed by atoms with E-state index < -0.39 is 0 Å². The summed E-state index contributed by atoms with van der Waals surface area (Å²) in [7, 11) is 0. The Labute approximate surface area is 256 Å². The van der Waals surface area contributed by atoms with Crippen LogP contribution >= 0.6 is 11.3 Å². The molecule has 7 aromatic carbocycles. The van der Waals surface area contributed by atoms with Crippen molar-refractivity contribution in [3.05, 3.63) is 140 Å². The van der Waals surface area contributed by atoms with Crippen LogP contribution in [0.5, 0.6) is 0 Å². The predicted molar refractivity (Wildman–Crippen MR) is 187 cm³/mol. The molecular formula is C40H23N3S. The molecule has 0 radical (unpaired) electrons. The highest BCUT2D eigenvalue weighted by molar-refractivity contribution is 7.26. The van der Waals surface area contributed by atoms with Gasteiger partial charge in [-0.05, 0) is 51.9 Å². The number of benzene rings is 7. The highest BCUT2D eigenvalue weighted by atomic mass is 32.1. The molecule has 204 valence electrons. The third-order valence-electron chi connectivity index (χ3n) is 8.97. The number of nitrogens with zero attached hydrogens (tertiary/aromatic N) is 3. The summed E-state index contributed by atoms with van der Waals surface area (Å²) >= 11 is 1.83. The fourth-order valence-electron chi connectivity index (χ4n) is 7.04. The number of rotatable bonds is 2. The van der Waals surface area contributed by atoms with Gasteiger partial charge < -0.3 is 0 Å². The Morgan fingerprint density at radius 1 is 0.455 bits per heavy atom. The normalized spacial score (nSPS) is 12.1. The van der Waals surface area contributed by atoms with Crippen LogP contribution in [-0.4, -0.2) is 14.5 Å². The van der Waals surface area contributed by atoms with Crippen LogP contribution in [-0.2, 0) is 0 Å². The summed E-state index contributed by atoms with van der Waals surface area (Å²) < 4.78 is 4.86. The van der Waals surface area contributed by atoms with Gasteiger partial charge in [0, 0.05) is 36.5 Å². The highest BCUT2D eigenvalue weighted by Crippen LogP contribution is 2.44. The predicted octanol–water partition coefficient (Wildman–Crippen LogP) is 11.1. The average Bonchev–Trinajstić information content (AvgIpc) is 3.64. The molecule has 10 rings (SSSR count). The van der Waals surface area contributed by atoms with E-state index in [0.717, 1.165) is 39.1 Å². The fourth-order valence-corrected chi connectivity index (χ4v) is 8.25. The largest absolute Gasteiger partial charge is 0.292 e. The molecule has 0 amide bonds. The zero-order valence-electron chi connectivity index (χ0n) is 23.5. The van der Waals surface area contributed by atoms with E-state index in [9.17, 15) is 0 Å². The summed E-state index contributed by atoms with van der Waals surface area (Å²) in [4.78, 5) is 10.8. The van der Waals surface area contributed by atoms with Crippen LogP contribution in [0, 0.1) is 0 Å². The Kier molecular flexibility index (Phi) is 4.87. The first-order valence-corrected chi connectivity index (χ1v) is 15.7. The van der Waals surface area contributed by atoms with E-state index in [1.54, 1.807) is 0 Å². The maximum Gasteiger partial charge on any atom is 0.165 e. The SMILES string of the molecule is c1ccc2c(c1)ccc1c2c2c3ccccc3ccc2n1-c1nc2ccccc2nc1-c1cccc2c1sc1ccccc12. The Hall–Kier alpha value is -5.58. The first kappa shape index (κ1) is 23.9. The van der Waals surface area contributed by atoms with Crippen LogP contribution in [0.2, 0.25) is 0 Å². The van der Waals surface area contributed by atoms with Crippen molar-refractivity contribution in [2.75, 3.05) is 0 Å². The lowest BCUT2D eigenvalue weighted by Crippen LogP contribution is -2.03. The Morgan fingerprint density at radius 2 is 1.02 bits per heavy atom. The standard InChI is InChI=1S/C40H23N3S/c1-3-12-26-24(10-1)20-22-33-36(26)37-27-13-4-2-11-25(27)21-23-34(37)43(33)40-38(41-31-17-6-7-18-32(31)42-40)30-16-9-15-29-28-14-5-8-19-35(28)44-39(29)30/h1-23H. The van der Waals surface area contributed by atoms with E-state index in [1.165, 1.54) is 52.5 Å². The Bertz CT molecular complexity index is 2690. The number of para-hydroxylation sites is 2. The molecule has 0 aliphatic heterocycles. The van der Waals surface area contributed by atoms with Gasteiger partial charge in [0.05, 0.1) is 22.1 Å². The lowest BCUT2D eigenvalue weighted by molar-refractivity contribution is 1.08. The first-order chi connectivity index (χ1) is 21.8. The van der Waals surface area contributed by atoms with Crippen LogP contribution in [0.15, 0.2) is 140 Å². The molecule has 0 bridgehead atoms. The van der Waals surface area contributed by atoms with Gasteiger partial charge in [0.1, 0.15) is 5.69 Å². The zero-order chi connectivity index (χ0) is 28.8. The van der Waals surface area contributed by atoms with Crippen LogP contribution in [0.3, 0.4) is 0 Å². The van der Waals surface area contributed by atoms with Crippen molar-refractivity contribution in [3.8, 4) is 17.1 Å². The van der Waals surface area contributed by atoms with Crippen molar-refractivity contribution in [2.45, 2.75) is 0 Å². The van der Waals surface area contributed by atoms with E-state index in [4.69, 9.17) is 9.97 Å². The molecule has 0 atom stereocenters. The van der Waals surface area contributed by atoms with Crippen molar-refractivity contribution in [2.24, 2.45) is 0 Å². The van der Waals surface area contributed by atoms with Gasteiger partial charge in [-0.15, -0.1) is 11.3 Å². The van der Waals surface area contributed by atoms with Crippen molar-refractivity contribution >= 4 is 85.9 Å². The molecular weight excluding hydrogens is 555 g/mol. The van der Waals surface area contributed by atoms with E-state index >= 15 is 0 Å². The van der Waals surface area contributed by atoms with Gasteiger partial charge in [-0.25, -0.2) is 9.97 Å². The number of thiophene rings is 1. The molecule has 10 aromatic rings. The second-order valence-corrected chi connectivity index (χ2v) is 12.4. The van der Waals surface area contributed by atoms with E-state index in [1.807, 2.05) is 23.5 Å². The maximum atomic E-state index is 5.42. The number of hydrogen-bond acceptors (Lipinski definition) is 3. The van der Waals surface area contributed by atoms with Crippen LogP contribution in [0.4, 0.5) is 0 Å². The van der Waals surface area contributed by atoms with Crippen LogP contribution in [0.1, 0.15) is 0 Å². The minimum atomic E-state index is 0.846. The third kappa shape index (κ3) is 3.26. The number of hydrogen-bond donors (Lipinski definition) is 0. The molecule has 3 aromatic heterocycles. The molecule has 0 N–H and O–H groups in total. The molecule has 3 heterocycles. The first-order valence-electron chi connectivity index (χ1n) is 14.8. The average molecular weight is 578 g/mol. The molecule has 0 saturated heterocycles. The van der Waals surface area contributed by atoms with Gasteiger partial charge in [0.25, 0.3) is 0 Å². The molecule has 0 saturated carbocycles. The monoisotopic (exact) mass is 577 g/mol. The van der Waals surface area contributed by atoms with E-state index in [0.29, 0.717) is 0 Å². The van der Waals surface area contributed by atoms with Gasteiger partial charge in [0.15, 0.2) is 5.82 Å². The molecule has 0 aliphatic rings. The fraction of sp³-hybridized carbons (Fsp3) is 0. The second-order valence-electron chi connectivity index (χ2n) is 11.4. The van der Waals surface area contributed by atoms with Crippen LogP contribution < -0.4 is 0 Å². The van der Waals surface area contributed by atoms with Crippen molar-refractivity contribution in [3.63, 3.8) is 0 Å². The van der Waals surface area contributed by atoms with Gasteiger partial charge in [0.2, 0.25) is 0 Å². The second kappa shape index (κ2) is 8.96. The Morgan fingerprint density at radius 3 is 1.73 bits per heavy atom. The van der Waals surface area contributed by atoms with Crippen molar-refractivity contribution in [1.82, 2.24) is 14.5 Å². The van der Waals surface area contributed by atoms with Gasteiger partial charge in [-0.1, -0.05) is 109 Å². The van der Waals surface area contributed by atoms with E-state index in [-0.39, 0.29) is 0 Å². The number of fused-ring (bicyclic) bond motifs is 11. The third-order valence-corrected chi connectivity index (χ3v) is 10.2. The summed E-state index contributed by atoms with van der Waals surface area (Å²) in [6.45, 7) is 0. The summed E-state index contributed by atoms with van der Waals surface area (Å²) in [6, 6.07) is 49.8. The lowest BCUT2D eigenvalue weighted by atomic mass is 10.00. The minimum Gasteiger partial charge on any atom is -0.292 e. The lowest BCUT2D eigenvalue weighted by Gasteiger charge is -2.14. The molecule has 3 nitrogen and oxygen atoms in total. The molecule has 0 fully saturated rings. The van der Waals surface area contributed by atoms with E-state index in [2.05, 4.69) is 132 Å². The summed E-state index contributed by atoms with van der Waals surface area (Å²) in [5, 5.41) is 9.96. The molecule has 44 heavy (non-hydrogen) atoms. The highest BCUT2D eigenvalue weighted by Gasteiger charge is 2.23. The van der Waals surface area contributed by atoms with Gasteiger partial charge in [-0.2, -0.15) is 0 Å². The molecule has 0 aliphatic carbocycles. The minimum absolute atomic E-state index is 0.846. The summed E-state index contributed by atoms with van der Waals surface area (Å²) in [5.74, 6) is 0.846. The molecule has 4 heteroatoms. The Balaban J connectivity index is 1.42. The number of aromatic nitrogens is 3. The van der Waals surface area contributed by atoms with Crippen molar-refractivity contribution < 1.29 is 0 Å². The van der Waals surface area contributed by atoms with Gasteiger partial charge >= 0.3 is 0 Å². The smallest absolute Gasteiger partial charge is 0.165 e. The molecule has 0 unspecified atom stereocenters. The zero-order valence-corrected chi connectivity index (χ0v) is 24.3. The maximum absolute atomic E-state index is 5.42. The van der Waals surface area contributed by atoms with Gasteiger partial charge in [-0.3, -0.25) is 4.57 Å². The quantitative estimate of drug-likeness (QED) is 0.205. The summed E-state index contributed by atoms with van der Waals surface area (Å²) in [5.41, 5.74) is 6.02. The van der Waals surface area contributed by atoms with Crippen LogP contribution in [0.25, 0.3) is 91.6 Å². The molecule has 0 spiro atoms. The summed E-state index contributed by atoms with van der Waals surface area (Å²) in [6.07, 6.45) is 0.